The Hall–Kier alpha value is -1.07. The van der Waals surface area contributed by atoms with Gasteiger partial charge in [-0.2, -0.15) is 0 Å². The van der Waals surface area contributed by atoms with Crippen LogP contribution in [0.25, 0.3) is 0 Å². The maximum atomic E-state index is 12.3. The minimum atomic E-state index is -0.443. The SMILES string of the molecule is C[C@H](N[C@@H]1C=C[C@H](CO)C1)[C@@H]1CCCN(C(=O)OC(C)(C)C)C1. The molecular formula is C18H32N2O3. The van der Waals surface area contributed by atoms with Gasteiger partial charge >= 0.3 is 6.09 Å². The molecule has 1 amide bonds. The number of likely N-dealkylation sites (tertiary alicyclic amines) is 1. The van der Waals surface area contributed by atoms with Crippen molar-refractivity contribution in [3.05, 3.63) is 12.2 Å². The molecule has 2 rings (SSSR count). The fraction of sp³-hybridized carbons (Fsp3) is 0.833. The molecule has 0 aromatic carbocycles. The Kier molecular flexibility index (Phi) is 6.09. The smallest absolute Gasteiger partial charge is 0.410 e. The molecule has 5 nitrogen and oxygen atoms in total. The summed E-state index contributed by atoms with van der Waals surface area (Å²) in [6.45, 7) is 9.67. The summed E-state index contributed by atoms with van der Waals surface area (Å²) in [7, 11) is 0. The van der Waals surface area contributed by atoms with Gasteiger partial charge in [-0.25, -0.2) is 4.79 Å². The Balaban J connectivity index is 1.83. The first kappa shape index (κ1) is 18.3. The summed E-state index contributed by atoms with van der Waals surface area (Å²) < 4.78 is 5.49. The lowest BCUT2D eigenvalue weighted by molar-refractivity contribution is 0.0147. The number of amides is 1. The second-order valence-electron chi connectivity index (χ2n) is 7.95. The Morgan fingerprint density at radius 2 is 2.17 bits per heavy atom. The third-order valence-corrected chi connectivity index (χ3v) is 4.70. The number of aliphatic hydroxyl groups is 1. The molecule has 2 N–H and O–H groups in total. The highest BCUT2D eigenvalue weighted by atomic mass is 16.6. The molecule has 0 unspecified atom stereocenters. The molecule has 1 heterocycles. The number of ether oxygens (including phenoxy) is 1. The molecule has 2 aliphatic rings. The topological polar surface area (TPSA) is 61.8 Å². The van der Waals surface area contributed by atoms with Crippen LogP contribution in [0, 0.1) is 11.8 Å². The van der Waals surface area contributed by atoms with Gasteiger partial charge in [0.2, 0.25) is 0 Å². The van der Waals surface area contributed by atoms with Crippen molar-refractivity contribution in [1.29, 1.82) is 0 Å². The van der Waals surface area contributed by atoms with Gasteiger partial charge in [-0.15, -0.1) is 0 Å². The fourth-order valence-electron chi connectivity index (χ4n) is 3.42. The van der Waals surface area contributed by atoms with Crippen molar-refractivity contribution in [2.75, 3.05) is 19.7 Å². The Morgan fingerprint density at radius 1 is 1.43 bits per heavy atom. The molecule has 1 aliphatic carbocycles. The van der Waals surface area contributed by atoms with E-state index >= 15 is 0 Å². The minimum Gasteiger partial charge on any atom is -0.444 e. The van der Waals surface area contributed by atoms with E-state index in [0.29, 0.717) is 18.0 Å². The Morgan fingerprint density at radius 3 is 2.78 bits per heavy atom. The number of aliphatic hydroxyl groups excluding tert-OH is 1. The summed E-state index contributed by atoms with van der Waals surface area (Å²) >= 11 is 0. The molecule has 5 heteroatoms. The summed E-state index contributed by atoms with van der Waals surface area (Å²) in [4.78, 5) is 14.1. The molecule has 0 aromatic rings. The number of hydrogen-bond donors (Lipinski definition) is 2. The van der Waals surface area contributed by atoms with Crippen LogP contribution in [0.5, 0.6) is 0 Å². The second-order valence-corrected chi connectivity index (χ2v) is 7.95. The van der Waals surface area contributed by atoms with Gasteiger partial charge < -0.3 is 20.1 Å². The summed E-state index contributed by atoms with van der Waals surface area (Å²) in [5, 5.41) is 12.9. The van der Waals surface area contributed by atoms with E-state index in [1.807, 2.05) is 25.7 Å². The number of piperidine rings is 1. The molecule has 23 heavy (non-hydrogen) atoms. The van der Waals surface area contributed by atoms with Gasteiger partial charge in [0, 0.05) is 37.7 Å². The van der Waals surface area contributed by atoms with Crippen molar-refractivity contribution in [1.82, 2.24) is 10.2 Å². The highest BCUT2D eigenvalue weighted by molar-refractivity contribution is 5.68. The number of hydrogen-bond acceptors (Lipinski definition) is 4. The summed E-state index contributed by atoms with van der Waals surface area (Å²) in [5.41, 5.74) is -0.443. The first-order valence-corrected chi connectivity index (χ1v) is 8.81. The molecule has 1 fully saturated rings. The van der Waals surface area contributed by atoms with Crippen molar-refractivity contribution in [3.8, 4) is 0 Å². The maximum Gasteiger partial charge on any atom is 0.410 e. The molecule has 1 saturated heterocycles. The van der Waals surface area contributed by atoms with Crippen LogP contribution in [-0.2, 0) is 4.74 Å². The molecule has 4 atom stereocenters. The Bertz CT molecular complexity index is 430. The monoisotopic (exact) mass is 324 g/mol. The van der Waals surface area contributed by atoms with Crippen LogP contribution in [-0.4, -0.2) is 53.5 Å². The zero-order valence-corrected chi connectivity index (χ0v) is 14.9. The zero-order chi connectivity index (χ0) is 17.0. The second kappa shape index (κ2) is 7.67. The first-order valence-electron chi connectivity index (χ1n) is 8.81. The van der Waals surface area contributed by atoms with E-state index in [4.69, 9.17) is 4.74 Å². The lowest BCUT2D eigenvalue weighted by Gasteiger charge is -2.37. The number of nitrogens with zero attached hydrogens (tertiary/aromatic N) is 1. The Labute approximate surface area is 140 Å². The van der Waals surface area contributed by atoms with Crippen molar-refractivity contribution >= 4 is 6.09 Å². The molecular weight excluding hydrogens is 292 g/mol. The van der Waals surface area contributed by atoms with E-state index in [1.165, 1.54) is 0 Å². The third-order valence-electron chi connectivity index (χ3n) is 4.70. The van der Waals surface area contributed by atoms with Crippen molar-refractivity contribution in [2.45, 2.75) is 64.6 Å². The predicted molar refractivity (Wildman–Crippen MR) is 91.2 cm³/mol. The number of rotatable bonds is 4. The lowest BCUT2D eigenvalue weighted by Crippen LogP contribution is -2.49. The van der Waals surface area contributed by atoms with Crippen LogP contribution in [0.2, 0.25) is 0 Å². The van der Waals surface area contributed by atoms with Crippen LogP contribution >= 0.6 is 0 Å². The van der Waals surface area contributed by atoms with Crippen LogP contribution in [0.1, 0.15) is 47.0 Å². The molecule has 0 bridgehead atoms. The quantitative estimate of drug-likeness (QED) is 0.780. The van der Waals surface area contributed by atoms with Crippen molar-refractivity contribution in [2.24, 2.45) is 11.8 Å². The van der Waals surface area contributed by atoms with E-state index in [9.17, 15) is 9.90 Å². The fourth-order valence-corrected chi connectivity index (χ4v) is 3.42. The highest BCUT2D eigenvalue weighted by Gasteiger charge is 2.31. The van der Waals surface area contributed by atoms with Gasteiger partial charge in [0.15, 0.2) is 0 Å². The molecule has 0 aromatic heterocycles. The summed E-state index contributed by atoms with van der Waals surface area (Å²) in [5.74, 6) is 0.724. The van der Waals surface area contributed by atoms with Gasteiger partial charge in [0.25, 0.3) is 0 Å². The van der Waals surface area contributed by atoms with Gasteiger partial charge in [0.05, 0.1) is 0 Å². The molecule has 0 spiro atoms. The maximum absolute atomic E-state index is 12.3. The summed E-state index contributed by atoms with van der Waals surface area (Å²) in [6, 6.07) is 0.673. The van der Waals surface area contributed by atoms with E-state index in [-0.39, 0.29) is 18.6 Å². The van der Waals surface area contributed by atoms with E-state index in [2.05, 4.69) is 24.4 Å². The van der Waals surface area contributed by atoms with Gasteiger partial charge in [0.1, 0.15) is 5.60 Å². The van der Waals surface area contributed by atoms with Gasteiger partial charge in [-0.3, -0.25) is 0 Å². The van der Waals surface area contributed by atoms with Crippen LogP contribution in [0.3, 0.4) is 0 Å². The average Bonchev–Trinajstić information content (AvgIpc) is 2.93. The molecule has 1 aliphatic heterocycles. The van der Waals surface area contributed by atoms with Crippen LogP contribution in [0.4, 0.5) is 4.79 Å². The number of nitrogens with one attached hydrogen (secondary N) is 1. The van der Waals surface area contributed by atoms with E-state index in [0.717, 1.165) is 32.4 Å². The van der Waals surface area contributed by atoms with E-state index < -0.39 is 5.60 Å². The van der Waals surface area contributed by atoms with Crippen molar-refractivity contribution < 1.29 is 14.6 Å². The van der Waals surface area contributed by atoms with Crippen LogP contribution < -0.4 is 5.32 Å². The van der Waals surface area contributed by atoms with Gasteiger partial charge in [-0.1, -0.05) is 12.2 Å². The standard InChI is InChI=1S/C18H32N2O3/c1-13(19-16-8-7-14(10-16)12-21)15-6-5-9-20(11-15)17(22)23-18(2,3)4/h7-8,13-16,19,21H,5-6,9-12H2,1-4H3/t13-,14-,15+,16+/m0/s1. The van der Waals surface area contributed by atoms with Gasteiger partial charge in [-0.05, 0) is 52.9 Å². The largest absolute Gasteiger partial charge is 0.444 e. The number of carbonyl (C=O) groups is 1. The summed E-state index contributed by atoms with van der Waals surface area (Å²) in [6.07, 6.45) is 7.17. The minimum absolute atomic E-state index is 0.199. The molecule has 0 radical (unpaired) electrons. The first-order chi connectivity index (χ1) is 10.8. The number of carbonyl (C=O) groups excluding carboxylic acids is 1. The normalized spacial score (nSPS) is 29.6. The zero-order valence-electron chi connectivity index (χ0n) is 14.9. The average molecular weight is 324 g/mol. The third kappa shape index (κ3) is 5.50. The lowest BCUT2D eigenvalue weighted by atomic mass is 9.91. The van der Waals surface area contributed by atoms with Crippen molar-refractivity contribution in [3.63, 3.8) is 0 Å². The predicted octanol–water partition coefficient (Wildman–Crippen LogP) is 2.55. The molecule has 0 saturated carbocycles. The van der Waals surface area contributed by atoms with Crippen LogP contribution in [0.15, 0.2) is 12.2 Å². The molecule has 132 valence electrons. The van der Waals surface area contributed by atoms with E-state index in [1.54, 1.807) is 0 Å². The highest BCUT2D eigenvalue weighted by Crippen LogP contribution is 2.24.